The lowest BCUT2D eigenvalue weighted by Gasteiger charge is -2.23. The number of carbonyl (C=O) groups excluding carboxylic acids is 3. The second-order valence-corrected chi connectivity index (χ2v) is 8.31. The van der Waals surface area contributed by atoms with Crippen molar-refractivity contribution in [2.24, 2.45) is 0 Å². The average Bonchev–Trinajstić information content (AvgIpc) is 3.30. The van der Waals surface area contributed by atoms with Crippen LogP contribution in [0.3, 0.4) is 0 Å². The lowest BCUT2D eigenvalue weighted by Crippen LogP contribution is -2.54. The van der Waals surface area contributed by atoms with Crippen LogP contribution in [-0.4, -0.2) is 49.1 Å². The number of halogens is 1. The normalized spacial score (nSPS) is 20.1. The quantitative estimate of drug-likeness (QED) is 0.462. The fraction of sp³-hybridized carbons (Fsp3) is 0.438. The summed E-state index contributed by atoms with van der Waals surface area (Å²) in [6.07, 6.45) is 2.33. The molecule has 146 valence electrons. The minimum Gasteiger partial charge on any atom is -0.345 e. The van der Waals surface area contributed by atoms with E-state index in [0.717, 1.165) is 41.4 Å². The third-order valence-corrected chi connectivity index (χ3v) is 6.27. The molecule has 1 aromatic carbocycles. The zero-order valence-corrected chi connectivity index (χ0v) is 15.1. The van der Waals surface area contributed by atoms with E-state index in [-0.39, 0.29) is 23.9 Å². The molecule has 27 heavy (non-hydrogen) atoms. The van der Waals surface area contributed by atoms with Gasteiger partial charge in [-0.1, -0.05) is 0 Å². The van der Waals surface area contributed by atoms with Crippen molar-refractivity contribution >= 4 is 27.7 Å². The molecule has 1 aromatic rings. The molecule has 2 aliphatic rings. The highest BCUT2D eigenvalue weighted by atomic mass is 32.2. The molecule has 3 amide bonds. The second kappa shape index (κ2) is 7.61. The number of nitrogens with zero attached hydrogens (tertiary/aromatic N) is 1. The van der Waals surface area contributed by atoms with E-state index in [2.05, 4.69) is 10.7 Å². The van der Waals surface area contributed by atoms with Crippen LogP contribution in [0.2, 0.25) is 0 Å². The van der Waals surface area contributed by atoms with Gasteiger partial charge in [-0.2, -0.15) is 4.31 Å². The van der Waals surface area contributed by atoms with Gasteiger partial charge in [0.1, 0.15) is 11.9 Å². The minimum atomic E-state index is -4.00. The number of rotatable bonds is 4. The van der Waals surface area contributed by atoms with Crippen LogP contribution in [0.1, 0.15) is 25.7 Å². The van der Waals surface area contributed by atoms with Crippen molar-refractivity contribution in [3.63, 3.8) is 0 Å². The Morgan fingerprint density at radius 1 is 1.00 bits per heavy atom. The molecule has 1 saturated carbocycles. The van der Waals surface area contributed by atoms with Crippen LogP contribution in [-0.2, 0) is 24.4 Å². The smallest absolute Gasteiger partial charge is 0.327 e. The summed E-state index contributed by atoms with van der Waals surface area (Å²) in [5, 5.41) is 2.47. The zero-order chi connectivity index (χ0) is 19.6. The lowest BCUT2D eigenvalue weighted by molar-refractivity contribution is -0.141. The maximum atomic E-state index is 13.0. The van der Waals surface area contributed by atoms with Gasteiger partial charge in [0.05, 0.1) is 4.90 Å². The van der Waals surface area contributed by atoms with E-state index in [0.29, 0.717) is 6.42 Å². The van der Waals surface area contributed by atoms with Gasteiger partial charge in [0, 0.05) is 12.6 Å². The summed E-state index contributed by atoms with van der Waals surface area (Å²) in [6, 6.07) is 3.26. The van der Waals surface area contributed by atoms with E-state index in [1.807, 2.05) is 5.43 Å². The molecule has 0 spiro atoms. The predicted octanol–water partition coefficient (Wildman–Crippen LogP) is -0.595. The van der Waals surface area contributed by atoms with Crippen LogP contribution in [0, 0.1) is 5.82 Å². The van der Waals surface area contributed by atoms with Gasteiger partial charge >= 0.3 is 11.8 Å². The summed E-state index contributed by atoms with van der Waals surface area (Å²) in [5.74, 6) is -3.20. The van der Waals surface area contributed by atoms with E-state index in [9.17, 15) is 27.2 Å². The molecule has 0 aromatic heterocycles. The second-order valence-electron chi connectivity index (χ2n) is 6.42. The minimum absolute atomic E-state index is 0.00914. The summed E-state index contributed by atoms with van der Waals surface area (Å²) in [5.41, 5.74) is 4.09. The van der Waals surface area contributed by atoms with Gasteiger partial charge in [-0.15, -0.1) is 0 Å². The number of hydrogen-bond acceptors (Lipinski definition) is 5. The first-order valence-corrected chi connectivity index (χ1v) is 9.91. The van der Waals surface area contributed by atoms with Gasteiger partial charge in [0.15, 0.2) is 0 Å². The van der Waals surface area contributed by atoms with E-state index in [1.54, 1.807) is 0 Å². The topological polar surface area (TPSA) is 125 Å². The SMILES string of the molecule is O=C(NNC(=O)C1CCCN1S(=O)(=O)c1ccc(F)cc1)C(=O)NC1CC1. The van der Waals surface area contributed by atoms with Gasteiger partial charge in [0.2, 0.25) is 10.0 Å². The lowest BCUT2D eigenvalue weighted by atomic mass is 10.2. The Morgan fingerprint density at radius 2 is 1.67 bits per heavy atom. The molecule has 0 bridgehead atoms. The van der Waals surface area contributed by atoms with E-state index >= 15 is 0 Å². The Morgan fingerprint density at radius 3 is 2.30 bits per heavy atom. The standard InChI is InChI=1S/C16H19FN4O5S/c17-10-3-7-12(8-4-10)27(25,26)21-9-1-2-13(21)14(22)19-20-16(24)15(23)18-11-5-6-11/h3-4,7-8,11,13H,1-2,5-6,9H2,(H,18,23)(H,19,22)(H,20,24). The summed E-state index contributed by atoms with van der Waals surface area (Å²) in [6.45, 7) is 0.119. The van der Waals surface area contributed by atoms with E-state index in [1.165, 1.54) is 0 Å². The molecular weight excluding hydrogens is 379 g/mol. The molecule has 1 atom stereocenters. The van der Waals surface area contributed by atoms with Crippen molar-refractivity contribution in [3.05, 3.63) is 30.1 Å². The molecule has 1 unspecified atom stereocenters. The fourth-order valence-corrected chi connectivity index (χ4v) is 4.43. The summed E-state index contributed by atoms with van der Waals surface area (Å²) in [4.78, 5) is 35.4. The van der Waals surface area contributed by atoms with Crippen LogP contribution >= 0.6 is 0 Å². The number of benzene rings is 1. The average molecular weight is 398 g/mol. The molecule has 1 saturated heterocycles. The number of hydrazine groups is 1. The van der Waals surface area contributed by atoms with Crippen LogP contribution in [0.4, 0.5) is 4.39 Å². The molecule has 3 N–H and O–H groups in total. The largest absolute Gasteiger partial charge is 0.345 e. The van der Waals surface area contributed by atoms with Gasteiger partial charge in [-0.3, -0.25) is 25.2 Å². The van der Waals surface area contributed by atoms with Crippen molar-refractivity contribution in [1.82, 2.24) is 20.5 Å². The van der Waals surface area contributed by atoms with Gasteiger partial charge < -0.3 is 5.32 Å². The highest BCUT2D eigenvalue weighted by Gasteiger charge is 2.39. The van der Waals surface area contributed by atoms with Crippen molar-refractivity contribution in [3.8, 4) is 0 Å². The number of nitrogens with one attached hydrogen (secondary N) is 3. The highest BCUT2D eigenvalue weighted by molar-refractivity contribution is 7.89. The van der Waals surface area contributed by atoms with Crippen LogP contribution in [0.5, 0.6) is 0 Å². The van der Waals surface area contributed by atoms with Crippen LogP contribution < -0.4 is 16.2 Å². The predicted molar refractivity (Wildman–Crippen MR) is 90.8 cm³/mol. The number of hydrogen-bond donors (Lipinski definition) is 3. The van der Waals surface area contributed by atoms with Crippen LogP contribution in [0.25, 0.3) is 0 Å². The van der Waals surface area contributed by atoms with Crippen LogP contribution in [0.15, 0.2) is 29.2 Å². The number of amides is 3. The monoisotopic (exact) mass is 398 g/mol. The maximum Gasteiger partial charge on any atom is 0.327 e. The third-order valence-electron chi connectivity index (χ3n) is 4.34. The first-order chi connectivity index (χ1) is 12.8. The molecule has 1 aliphatic carbocycles. The molecule has 2 fully saturated rings. The summed E-state index contributed by atoms with van der Waals surface area (Å²) < 4.78 is 39.5. The fourth-order valence-electron chi connectivity index (χ4n) is 2.77. The molecule has 1 aliphatic heterocycles. The van der Waals surface area contributed by atoms with E-state index in [4.69, 9.17) is 0 Å². The van der Waals surface area contributed by atoms with Crippen molar-refractivity contribution in [2.75, 3.05) is 6.54 Å². The third kappa shape index (κ3) is 4.42. The Hall–Kier alpha value is -2.53. The number of sulfonamides is 1. The van der Waals surface area contributed by atoms with Crippen molar-refractivity contribution in [1.29, 1.82) is 0 Å². The Kier molecular flexibility index (Phi) is 5.42. The summed E-state index contributed by atoms with van der Waals surface area (Å²) >= 11 is 0. The number of carbonyl (C=O) groups is 3. The Balaban J connectivity index is 1.62. The van der Waals surface area contributed by atoms with Crippen molar-refractivity contribution in [2.45, 2.75) is 42.7 Å². The maximum absolute atomic E-state index is 13.0. The molecule has 3 rings (SSSR count). The first-order valence-electron chi connectivity index (χ1n) is 8.47. The molecule has 1 heterocycles. The van der Waals surface area contributed by atoms with Gasteiger partial charge in [-0.05, 0) is 49.9 Å². The highest BCUT2D eigenvalue weighted by Crippen LogP contribution is 2.26. The molecule has 0 radical (unpaired) electrons. The van der Waals surface area contributed by atoms with Gasteiger partial charge in [0.25, 0.3) is 5.91 Å². The first kappa shape index (κ1) is 19.2. The Labute approximate surface area is 155 Å². The molecule has 9 nitrogen and oxygen atoms in total. The molecule has 11 heteroatoms. The summed E-state index contributed by atoms with van der Waals surface area (Å²) in [7, 11) is -4.00. The van der Waals surface area contributed by atoms with E-state index < -0.39 is 39.6 Å². The Bertz CT molecular complexity index is 854. The van der Waals surface area contributed by atoms with Crippen molar-refractivity contribution < 1.29 is 27.2 Å². The zero-order valence-electron chi connectivity index (χ0n) is 14.3. The van der Waals surface area contributed by atoms with Gasteiger partial charge in [-0.25, -0.2) is 12.8 Å². The molecular formula is C16H19FN4O5S.